The Bertz CT molecular complexity index is 448. The first-order valence-corrected chi connectivity index (χ1v) is 6.96. The van der Waals surface area contributed by atoms with Gasteiger partial charge in [0.1, 0.15) is 0 Å². The number of hydrogen-bond donors (Lipinski definition) is 1. The van der Waals surface area contributed by atoms with Gasteiger partial charge in [-0.3, -0.25) is 0 Å². The normalized spacial score (nSPS) is 10.9. The molecule has 0 bridgehead atoms. The Kier molecular flexibility index (Phi) is 4.04. The molecule has 3 nitrogen and oxygen atoms in total. The van der Waals surface area contributed by atoms with Crippen LogP contribution in [0.4, 0.5) is 0 Å². The summed E-state index contributed by atoms with van der Waals surface area (Å²) in [7, 11) is 0. The van der Waals surface area contributed by atoms with Crippen LogP contribution in [0, 0.1) is 13.8 Å². The lowest BCUT2D eigenvalue weighted by molar-refractivity contribution is 0.693. The molecule has 0 amide bonds. The summed E-state index contributed by atoms with van der Waals surface area (Å²) >= 11 is 3.49. The van der Waals surface area contributed by atoms with Gasteiger partial charge in [-0.05, 0) is 20.3 Å². The summed E-state index contributed by atoms with van der Waals surface area (Å²) < 4.78 is 0. The van der Waals surface area contributed by atoms with E-state index >= 15 is 0 Å². The quantitative estimate of drug-likeness (QED) is 0.832. The Balaban J connectivity index is 1.71. The van der Waals surface area contributed by atoms with Gasteiger partial charge in [0.15, 0.2) is 0 Å². The number of thiazole rings is 2. The smallest absolute Gasteiger partial charge is 0.0896 e. The number of hydrogen-bond acceptors (Lipinski definition) is 5. The van der Waals surface area contributed by atoms with Crippen molar-refractivity contribution in [3.63, 3.8) is 0 Å². The second-order valence-electron chi connectivity index (χ2n) is 3.63. The molecule has 0 saturated heterocycles. The van der Waals surface area contributed by atoms with Crippen LogP contribution in [-0.4, -0.2) is 16.5 Å². The van der Waals surface area contributed by atoms with E-state index in [0.717, 1.165) is 30.2 Å². The molecule has 0 aliphatic heterocycles. The maximum atomic E-state index is 4.24. The highest BCUT2D eigenvalue weighted by Crippen LogP contribution is 2.13. The largest absolute Gasteiger partial charge is 0.311 e. The van der Waals surface area contributed by atoms with Crippen LogP contribution in [-0.2, 0) is 13.0 Å². The van der Waals surface area contributed by atoms with Gasteiger partial charge in [-0.25, -0.2) is 9.97 Å². The lowest BCUT2D eigenvalue weighted by Crippen LogP contribution is -2.16. The predicted molar refractivity (Wildman–Crippen MR) is 69.1 cm³/mol. The molecular formula is C11H15N3S2. The summed E-state index contributed by atoms with van der Waals surface area (Å²) in [5.74, 6) is 0. The minimum absolute atomic E-state index is 0.925. The Labute approximate surface area is 104 Å². The first kappa shape index (κ1) is 11.7. The lowest BCUT2D eigenvalue weighted by atomic mass is 10.3. The van der Waals surface area contributed by atoms with Crippen LogP contribution in [0.15, 0.2) is 11.7 Å². The van der Waals surface area contributed by atoms with Gasteiger partial charge in [0.2, 0.25) is 0 Å². The van der Waals surface area contributed by atoms with Gasteiger partial charge >= 0.3 is 0 Å². The average molecular weight is 253 g/mol. The van der Waals surface area contributed by atoms with E-state index in [2.05, 4.69) is 22.2 Å². The Morgan fingerprint density at radius 2 is 2.19 bits per heavy atom. The van der Waals surface area contributed by atoms with Crippen molar-refractivity contribution in [1.29, 1.82) is 0 Å². The fourth-order valence-corrected chi connectivity index (χ4v) is 2.97. The zero-order chi connectivity index (χ0) is 11.4. The van der Waals surface area contributed by atoms with Crippen LogP contribution in [0.25, 0.3) is 0 Å². The Morgan fingerprint density at radius 1 is 1.31 bits per heavy atom. The SMILES string of the molecule is Cc1ncc(CCNCc2scnc2C)s1. The summed E-state index contributed by atoms with van der Waals surface area (Å²) in [5, 5.41) is 4.58. The molecule has 0 atom stereocenters. The number of aromatic nitrogens is 2. The van der Waals surface area contributed by atoms with E-state index in [-0.39, 0.29) is 0 Å². The molecule has 0 spiro atoms. The molecule has 0 saturated carbocycles. The van der Waals surface area contributed by atoms with Crippen LogP contribution >= 0.6 is 22.7 Å². The van der Waals surface area contributed by atoms with Crippen LogP contribution in [0.3, 0.4) is 0 Å². The monoisotopic (exact) mass is 253 g/mol. The van der Waals surface area contributed by atoms with Gasteiger partial charge in [-0.15, -0.1) is 22.7 Å². The van der Waals surface area contributed by atoms with E-state index in [1.54, 1.807) is 22.7 Å². The third-order valence-corrected chi connectivity index (χ3v) is 4.26. The van der Waals surface area contributed by atoms with Gasteiger partial charge in [-0.2, -0.15) is 0 Å². The van der Waals surface area contributed by atoms with Crippen LogP contribution < -0.4 is 5.32 Å². The van der Waals surface area contributed by atoms with E-state index in [9.17, 15) is 0 Å². The number of rotatable bonds is 5. The van der Waals surface area contributed by atoms with Crippen molar-refractivity contribution in [1.82, 2.24) is 15.3 Å². The number of nitrogens with zero attached hydrogens (tertiary/aromatic N) is 2. The molecule has 86 valence electrons. The second-order valence-corrected chi connectivity index (χ2v) is 5.89. The molecule has 2 aromatic heterocycles. The maximum Gasteiger partial charge on any atom is 0.0896 e. The van der Waals surface area contributed by atoms with E-state index in [1.165, 1.54) is 9.75 Å². The molecule has 0 fully saturated rings. The van der Waals surface area contributed by atoms with Crippen molar-refractivity contribution in [3.05, 3.63) is 32.2 Å². The van der Waals surface area contributed by atoms with E-state index < -0.39 is 0 Å². The van der Waals surface area contributed by atoms with E-state index in [4.69, 9.17) is 0 Å². The third-order valence-electron chi connectivity index (χ3n) is 2.35. The van der Waals surface area contributed by atoms with Gasteiger partial charge in [-0.1, -0.05) is 0 Å². The highest BCUT2D eigenvalue weighted by molar-refractivity contribution is 7.11. The summed E-state index contributed by atoms with van der Waals surface area (Å²) in [6.45, 7) is 6.02. The molecule has 5 heteroatoms. The van der Waals surface area contributed by atoms with Crippen molar-refractivity contribution in [2.75, 3.05) is 6.54 Å². The van der Waals surface area contributed by atoms with Gasteiger partial charge in [0, 0.05) is 29.0 Å². The molecule has 0 aliphatic carbocycles. The maximum absolute atomic E-state index is 4.24. The topological polar surface area (TPSA) is 37.8 Å². The van der Waals surface area contributed by atoms with Crippen LogP contribution in [0.5, 0.6) is 0 Å². The van der Waals surface area contributed by atoms with E-state index in [0.29, 0.717) is 0 Å². The minimum atomic E-state index is 0.925. The fourth-order valence-electron chi connectivity index (χ4n) is 1.43. The van der Waals surface area contributed by atoms with Gasteiger partial charge < -0.3 is 5.32 Å². The van der Waals surface area contributed by atoms with Crippen molar-refractivity contribution in [2.45, 2.75) is 26.8 Å². The van der Waals surface area contributed by atoms with Crippen LogP contribution in [0.1, 0.15) is 20.5 Å². The summed E-state index contributed by atoms with van der Waals surface area (Å²) in [4.78, 5) is 11.2. The molecule has 1 N–H and O–H groups in total. The minimum Gasteiger partial charge on any atom is -0.311 e. The van der Waals surface area contributed by atoms with Crippen molar-refractivity contribution >= 4 is 22.7 Å². The highest BCUT2D eigenvalue weighted by atomic mass is 32.1. The van der Waals surface area contributed by atoms with Crippen molar-refractivity contribution in [3.8, 4) is 0 Å². The van der Waals surface area contributed by atoms with Crippen molar-refractivity contribution in [2.24, 2.45) is 0 Å². The van der Waals surface area contributed by atoms with E-state index in [1.807, 2.05) is 18.6 Å². The van der Waals surface area contributed by atoms with Crippen molar-refractivity contribution < 1.29 is 0 Å². The first-order chi connectivity index (χ1) is 7.75. The average Bonchev–Trinajstić information content (AvgIpc) is 2.83. The van der Waals surface area contributed by atoms with Gasteiger partial charge in [0.05, 0.1) is 16.2 Å². The van der Waals surface area contributed by atoms with Crippen LogP contribution in [0.2, 0.25) is 0 Å². The zero-order valence-electron chi connectivity index (χ0n) is 9.49. The number of nitrogens with one attached hydrogen (secondary N) is 1. The standard InChI is InChI=1S/C11H15N3S2/c1-8-11(15-7-14-8)6-12-4-3-10-5-13-9(2)16-10/h5,7,12H,3-4,6H2,1-2H3. The Morgan fingerprint density at radius 3 is 2.81 bits per heavy atom. The summed E-state index contributed by atoms with van der Waals surface area (Å²) in [6, 6.07) is 0. The highest BCUT2D eigenvalue weighted by Gasteiger charge is 2.01. The van der Waals surface area contributed by atoms with Gasteiger partial charge in [0.25, 0.3) is 0 Å². The molecule has 2 aromatic rings. The summed E-state index contributed by atoms with van der Waals surface area (Å²) in [5.41, 5.74) is 3.05. The Hall–Kier alpha value is -0.780. The molecule has 0 aromatic carbocycles. The zero-order valence-corrected chi connectivity index (χ0v) is 11.1. The molecule has 0 aliphatic rings. The molecule has 0 unspecified atom stereocenters. The molecule has 0 radical (unpaired) electrons. The summed E-state index contributed by atoms with van der Waals surface area (Å²) in [6.07, 6.45) is 3.03. The first-order valence-electron chi connectivity index (χ1n) is 5.26. The predicted octanol–water partition coefficient (Wildman–Crippen LogP) is 2.55. The molecule has 2 heterocycles. The molecule has 16 heavy (non-hydrogen) atoms. The molecule has 2 rings (SSSR count). The lowest BCUT2D eigenvalue weighted by Gasteiger charge is -2.01. The second kappa shape index (κ2) is 5.52. The molecular weight excluding hydrogens is 238 g/mol. The third kappa shape index (κ3) is 3.10. The number of aryl methyl sites for hydroxylation is 2. The fraction of sp³-hybridized carbons (Fsp3) is 0.455.